The summed E-state index contributed by atoms with van der Waals surface area (Å²) in [5.74, 6) is 5.56. The molecule has 1 amide bonds. The normalized spacial score (nSPS) is 11.1. The maximum Gasteiger partial charge on any atom is 0.446 e. The molecule has 1 aromatic heterocycles. The van der Waals surface area contributed by atoms with Gasteiger partial charge < -0.3 is 10.6 Å². The number of thiophene rings is 1. The molecule has 0 radical (unpaired) electrons. The number of hydrogen-bond donors (Lipinski definition) is 2. The zero-order valence-electron chi connectivity index (χ0n) is 15.0. The fourth-order valence-electron chi connectivity index (χ4n) is 2.52. The smallest absolute Gasteiger partial charge is 0.374 e. The van der Waals surface area contributed by atoms with E-state index in [2.05, 4.69) is 38.4 Å². The highest BCUT2D eigenvalue weighted by molar-refractivity contribution is 9.10. The van der Waals surface area contributed by atoms with Gasteiger partial charge in [0, 0.05) is 28.2 Å². The Bertz CT molecular complexity index is 1100. The Kier molecular flexibility index (Phi) is 6.77. The molecule has 2 aromatic carbocycles. The number of thioether (sulfide) groups is 1. The van der Waals surface area contributed by atoms with Crippen LogP contribution >= 0.6 is 39.0 Å². The summed E-state index contributed by atoms with van der Waals surface area (Å²) in [6, 6.07) is 12.0. The van der Waals surface area contributed by atoms with Gasteiger partial charge in [0.1, 0.15) is 0 Å². The standard InChI is InChI=1S/C20H14BrF3N2OS2/c1-25-19(27)12-7-9-13(10-8-12)26-11-3-6-16-18(29-20(22,23)24)14-4-2-5-15(21)17(14)28-16/h2,4-5,7-10,26H,11H2,1H3,(H,25,27). The first-order chi connectivity index (χ1) is 13.8. The lowest BCUT2D eigenvalue weighted by Gasteiger charge is -2.05. The van der Waals surface area contributed by atoms with Gasteiger partial charge in [-0.15, -0.1) is 11.3 Å². The molecular weight excluding hydrogens is 485 g/mol. The number of carbonyl (C=O) groups excluding carboxylic acids is 1. The molecule has 0 saturated heterocycles. The predicted octanol–water partition coefficient (Wildman–Crippen LogP) is 6.10. The van der Waals surface area contributed by atoms with E-state index in [1.165, 1.54) is 11.3 Å². The first kappa shape index (κ1) is 21.6. The van der Waals surface area contributed by atoms with Crippen LogP contribution in [0.4, 0.5) is 18.9 Å². The predicted molar refractivity (Wildman–Crippen MR) is 117 cm³/mol. The van der Waals surface area contributed by atoms with Crippen molar-refractivity contribution in [2.45, 2.75) is 10.4 Å². The lowest BCUT2D eigenvalue weighted by Crippen LogP contribution is -2.17. The van der Waals surface area contributed by atoms with Gasteiger partial charge in [-0.1, -0.05) is 24.0 Å². The van der Waals surface area contributed by atoms with Crippen LogP contribution in [0, 0.1) is 11.8 Å². The maximum atomic E-state index is 13.0. The second-order valence-corrected chi connectivity index (χ2v) is 8.69. The molecule has 3 rings (SSSR count). The van der Waals surface area contributed by atoms with Crippen LogP contribution in [0.25, 0.3) is 10.1 Å². The van der Waals surface area contributed by atoms with Crippen molar-refractivity contribution in [3.05, 3.63) is 57.4 Å². The lowest BCUT2D eigenvalue weighted by atomic mass is 10.2. The molecular formula is C20H14BrF3N2OS2. The SMILES string of the molecule is CNC(=O)c1ccc(NCC#Cc2sc3c(Br)cccc3c2SC(F)(F)F)cc1. The van der Waals surface area contributed by atoms with E-state index in [0.717, 1.165) is 14.9 Å². The molecule has 0 aliphatic rings. The van der Waals surface area contributed by atoms with Crippen LogP contribution in [0.1, 0.15) is 15.2 Å². The van der Waals surface area contributed by atoms with Crippen LogP contribution in [0.3, 0.4) is 0 Å². The van der Waals surface area contributed by atoms with Gasteiger partial charge in [0.25, 0.3) is 5.91 Å². The lowest BCUT2D eigenvalue weighted by molar-refractivity contribution is -0.0327. The molecule has 9 heteroatoms. The number of nitrogens with one attached hydrogen (secondary N) is 2. The largest absolute Gasteiger partial charge is 0.446 e. The van der Waals surface area contributed by atoms with Crippen molar-refractivity contribution >= 4 is 60.7 Å². The van der Waals surface area contributed by atoms with Crippen LogP contribution in [-0.2, 0) is 0 Å². The number of fused-ring (bicyclic) bond motifs is 1. The summed E-state index contributed by atoms with van der Waals surface area (Å²) >= 11 is 4.48. The molecule has 0 atom stereocenters. The van der Waals surface area contributed by atoms with Crippen molar-refractivity contribution in [1.82, 2.24) is 5.32 Å². The average molecular weight is 499 g/mol. The summed E-state index contributed by atoms with van der Waals surface area (Å²) in [6.45, 7) is 0.255. The van der Waals surface area contributed by atoms with Crippen molar-refractivity contribution < 1.29 is 18.0 Å². The number of rotatable bonds is 4. The Morgan fingerprint density at radius 3 is 2.59 bits per heavy atom. The van der Waals surface area contributed by atoms with Crippen molar-refractivity contribution in [3.63, 3.8) is 0 Å². The quantitative estimate of drug-likeness (QED) is 0.337. The zero-order chi connectivity index (χ0) is 21.0. The molecule has 0 aliphatic heterocycles. The van der Waals surface area contributed by atoms with Gasteiger partial charge in [0.05, 0.1) is 21.0 Å². The number of halogens is 4. The third-order valence-electron chi connectivity index (χ3n) is 3.80. The van der Waals surface area contributed by atoms with Crippen molar-refractivity contribution in [1.29, 1.82) is 0 Å². The van der Waals surface area contributed by atoms with E-state index in [1.54, 1.807) is 49.5 Å². The molecule has 3 nitrogen and oxygen atoms in total. The molecule has 0 bridgehead atoms. The summed E-state index contributed by atoms with van der Waals surface area (Å²) in [5.41, 5.74) is -3.10. The summed E-state index contributed by atoms with van der Waals surface area (Å²) in [7, 11) is 1.56. The van der Waals surface area contributed by atoms with Gasteiger partial charge >= 0.3 is 5.51 Å². The molecule has 0 spiro atoms. The van der Waals surface area contributed by atoms with Gasteiger partial charge in [-0.3, -0.25) is 4.79 Å². The molecule has 150 valence electrons. The van der Waals surface area contributed by atoms with E-state index >= 15 is 0 Å². The van der Waals surface area contributed by atoms with Crippen molar-refractivity contribution in [2.24, 2.45) is 0 Å². The van der Waals surface area contributed by atoms with Gasteiger partial charge in [0.15, 0.2) is 0 Å². The number of carbonyl (C=O) groups is 1. The Morgan fingerprint density at radius 2 is 1.93 bits per heavy atom. The number of hydrogen-bond acceptors (Lipinski definition) is 4. The fourth-order valence-corrected chi connectivity index (χ4v) is 5.07. The van der Waals surface area contributed by atoms with E-state index in [4.69, 9.17) is 0 Å². The number of amides is 1. The fraction of sp³-hybridized carbons (Fsp3) is 0.150. The zero-order valence-corrected chi connectivity index (χ0v) is 18.2. The first-order valence-electron chi connectivity index (χ1n) is 8.30. The highest BCUT2D eigenvalue weighted by Gasteiger charge is 2.32. The highest BCUT2D eigenvalue weighted by atomic mass is 79.9. The van der Waals surface area contributed by atoms with E-state index in [0.29, 0.717) is 15.8 Å². The highest BCUT2D eigenvalue weighted by Crippen LogP contribution is 2.46. The van der Waals surface area contributed by atoms with Crippen LogP contribution in [-0.4, -0.2) is 25.0 Å². The third-order valence-corrected chi connectivity index (χ3v) is 6.86. The minimum Gasteiger partial charge on any atom is -0.374 e. The molecule has 3 aromatic rings. The van der Waals surface area contributed by atoms with Crippen LogP contribution in [0.15, 0.2) is 51.8 Å². The topological polar surface area (TPSA) is 41.1 Å². The minimum absolute atomic E-state index is 0.126. The van der Waals surface area contributed by atoms with Gasteiger partial charge in [-0.05, 0) is 58.0 Å². The summed E-state index contributed by atoms with van der Waals surface area (Å²) < 4.78 is 40.5. The summed E-state index contributed by atoms with van der Waals surface area (Å²) in [6.07, 6.45) is 0. The van der Waals surface area contributed by atoms with Crippen LogP contribution in [0.5, 0.6) is 0 Å². The Balaban J connectivity index is 1.78. The second-order valence-electron chi connectivity index (χ2n) is 5.74. The minimum atomic E-state index is -4.39. The van der Waals surface area contributed by atoms with E-state index < -0.39 is 5.51 Å². The number of anilines is 1. The molecule has 2 N–H and O–H groups in total. The van der Waals surface area contributed by atoms with Crippen LogP contribution in [0.2, 0.25) is 0 Å². The maximum absolute atomic E-state index is 13.0. The second kappa shape index (κ2) is 9.11. The Morgan fingerprint density at radius 1 is 1.21 bits per heavy atom. The summed E-state index contributed by atoms with van der Waals surface area (Å²) in [5, 5.41) is 6.15. The molecule has 0 unspecified atom stereocenters. The van der Waals surface area contributed by atoms with Crippen molar-refractivity contribution in [2.75, 3.05) is 18.9 Å². The molecule has 29 heavy (non-hydrogen) atoms. The van der Waals surface area contributed by atoms with Gasteiger partial charge in [-0.25, -0.2) is 0 Å². The molecule has 1 heterocycles. The third kappa shape index (κ3) is 5.47. The molecule has 0 saturated carbocycles. The van der Waals surface area contributed by atoms with Gasteiger partial charge in [0.2, 0.25) is 0 Å². The molecule has 0 fully saturated rings. The van der Waals surface area contributed by atoms with E-state index in [1.807, 2.05) is 0 Å². The Hall–Kier alpha value is -2.15. The Labute approximate surface area is 182 Å². The van der Waals surface area contributed by atoms with E-state index in [-0.39, 0.29) is 29.1 Å². The van der Waals surface area contributed by atoms with E-state index in [9.17, 15) is 18.0 Å². The van der Waals surface area contributed by atoms with Crippen LogP contribution < -0.4 is 10.6 Å². The van der Waals surface area contributed by atoms with Gasteiger partial charge in [-0.2, -0.15) is 13.2 Å². The average Bonchev–Trinajstić information content (AvgIpc) is 3.02. The number of benzene rings is 2. The first-order valence-corrected chi connectivity index (χ1v) is 10.7. The summed E-state index contributed by atoms with van der Waals surface area (Å²) in [4.78, 5) is 12.0. The van der Waals surface area contributed by atoms with Crippen molar-refractivity contribution in [3.8, 4) is 11.8 Å². The molecule has 0 aliphatic carbocycles. The monoisotopic (exact) mass is 498 g/mol. The number of alkyl halides is 3.